The van der Waals surface area contributed by atoms with Crippen molar-refractivity contribution in [2.75, 3.05) is 33.1 Å². The Morgan fingerprint density at radius 2 is 1.87 bits per heavy atom. The zero-order chi connectivity index (χ0) is 24.0. The van der Waals surface area contributed by atoms with Crippen molar-refractivity contribution >= 4 is 41.0 Å². The number of rotatable bonds is 13. The molecule has 1 rings (SSSR count). The molecule has 0 radical (unpaired) electrons. The Kier molecular flexibility index (Phi) is 10.9. The molecule has 0 saturated heterocycles. The fourth-order valence-corrected chi connectivity index (χ4v) is 5.20. The molecule has 0 N–H and O–H groups in total. The summed E-state index contributed by atoms with van der Waals surface area (Å²) in [6, 6.07) is 0. The molecule has 1 aromatic rings. The third-order valence-electron chi connectivity index (χ3n) is 5.52. The predicted molar refractivity (Wildman–Crippen MR) is 136 cm³/mol. The first-order valence-electron chi connectivity index (χ1n) is 10.7. The molecular formula is C20H40IN3O5SSi. The Balaban J connectivity index is 2.95. The fourth-order valence-electron chi connectivity index (χ4n) is 2.76. The number of halogens is 1. The molecule has 1 atom stereocenters. The van der Waals surface area contributed by atoms with Gasteiger partial charge in [0.15, 0.2) is 8.32 Å². The van der Waals surface area contributed by atoms with E-state index in [-0.39, 0.29) is 11.1 Å². The minimum atomic E-state index is -3.49. The summed E-state index contributed by atoms with van der Waals surface area (Å²) in [6.45, 7) is 17.9. The monoisotopic (exact) mass is 589 g/mol. The second-order valence-electron chi connectivity index (χ2n) is 9.36. The Morgan fingerprint density at radius 1 is 1.26 bits per heavy atom. The maximum absolute atomic E-state index is 11.5. The molecule has 11 heteroatoms. The zero-order valence-corrected chi connectivity index (χ0v) is 24.5. The quantitative estimate of drug-likeness (QED) is 0.195. The lowest BCUT2D eigenvalue weighted by atomic mass is 10.2. The van der Waals surface area contributed by atoms with Crippen LogP contribution in [0.4, 0.5) is 0 Å². The highest BCUT2D eigenvalue weighted by Crippen LogP contribution is 2.36. The van der Waals surface area contributed by atoms with Crippen LogP contribution in [0.1, 0.15) is 46.7 Å². The summed E-state index contributed by atoms with van der Waals surface area (Å²) < 4.78 is 43.2. The van der Waals surface area contributed by atoms with Gasteiger partial charge in [0.25, 0.3) is 10.1 Å². The SMILES string of the molecule is CCOc1nn(CCO[Si](C)(C)C(C)(C)C)c(CN(C)C[C@@H](CC)OS(C)(=O)=O)c1I. The number of nitrogens with zero attached hydrogens (tertiary/aromatic N) is 3. The van der Waals surface area contributed by atoms with Crippen LogP contribution in [0.5, 0.6) is 5.88 Å². The molecule has 0 amide bonds. The van der Waals surface area contributed by atoms with Crippen molar-refractivity contribution in [3.63, 3.8) is 0 Å². The number of hydrogen-bond donors (Lipinski definition) is 0. The van der Waals surface area contributed by atoms with Gasteiger partial charge in [0.2, 0.25) is 5.88 Å². The molecule has 1 heterocycles. The highest BCUT2D eigenvalue weighted by molar-refractivity contribution is 14.1. The number of aromatic nitrogens is 2. The van der Waals surface area contributed by atoms with Gasteiger partial charge < -0.3 is 9.16 Å². The summed E-state index contributed by atoms with van der Waals surface area (Å²) in [5.41, 5.74) is 1.03. The highest BCUT2D eigenvalue weighted by atomic mass is 127. The summed E-state index contributed by atoms with van der Waals surface area (Å²) in [5, 5.41) is 4.81. The molecule has 0 aliphatic heterocycles. The Bertz CT molecular complexity index is 808. The van der Waals surface area contributed by atoms with Gasteiger partial charge in [0, 0.05) is 13.1 Å². The van der Waals surface area contributed by atoms with E-state index < -0.39 is 18.4 Å². The van der Waals surface area contributed by atoms with Crippen LogP contribution in [0, 0.1) is 3.57 Å². The van der Waals surface area contributed by atoms with Crippen molar-refractivity contribution in [3.8, 4) is 5.88 Å². The van der Waals surface area contributed by atoms with Crippen LogP contribution in [-0.2, 0) is 31.8 Å². The minimum absolute atomic E-state index is 0.153. The van der Waals surface area contributed by atoms with Crippen molar-refractivity contribution in [1.29, 1.82) is 0 Å². The fraction of sp³-hybridized carbons (Fsp3) is 0.850. The molecule has 0 bridgehead atoms. The topological polar surface area (TPSA) is 82.9 Å². The van der Waals surface area contributed by atoms with Crippen LogP contribution in [0.25, 0.3) is 0 Å². The Hall–Kier alpha value is -0.213. The van der Waals surface area contributed by atoms with Crippen LogP contribution >= 0.6 is 22.6 Å². The van der Waals surface area contributed by atoms with E-state index in [1.165, 1.54) is 0 Å². The van der Waals surface area contributed by atoms with Gasteiger partial charge in [-0.05, 0) is 61.1 Å². The van der Waals surface area contributed by atoms with E-state index in [2.05, 4.69) is 66.5 Å². The van der Waals surface area contributed by atoms with Gasteiger partial charge in [0.1, 0.15) is 0 Å². The third-order valence-corrected chi connectivity index (χ3v) is 11.8. The van der Waals surface area contributed by atoms with Crippen LogP contribution < -0.4 is 4.74 Å². The standard InChI is InChI=1S/C20H40IN3O5SSi/c1-10-16(29-30(7,25)26)14-23(6)15-17-18(21)19(27-11-2)22-24(17)12-13-28-31(8,9)20(3,4)5/h16H,10-15H2,1-9H3/t16-/m1/s1. The van der Waals surface area contributed by atoms with E-state index in [9.17, 15) is 8.42 Å². The van der Waals surface area contributed by atoms with E-state index >= 15 is 0 Å². The zero-order valence-electron chi connectivity index (χ0n) is 20.5. The number of hydrogen-bond acceptors (Lipinski definition) is 7. The molecule has 0 aromatic carbocycles. The van der Waals surface area contributed by atoms with Crippen LogP contribution in [0.2, 0.25) is 18.1 Å². The largest absolute Gasteiger partial charge is 0.476 e. The lowest BCUT2D eigenvalue weighted by molar-refractivity contribution is 0.145. The first kappa shape index (κ1) is 28.8. The van der Waals surface area contributed by atoms with E-state index in [4.69, 9.17) is 13.3 Å². The molecule has 0 unspecified atom stereocenters. The van der Waals surface area contributed by atoms with Crippen molar-refractivity contribution in [3.05, 3.63) is 9.26 Å². The molecule has 0 fully saturated rings. The average molecular weight is 590 g/mol. The molecule has 31 heavy (non-hydrogen) atoms. The van der Waals surface area contributed by atoms with E-state index in [0.29, 0.717) is 45.1 Å². The molecule has 0 aliphatic rings. The Morgan fingerprint density at radius 3 is 2.35 bits per heavy atom. The smallest absolute Gasteiger partial charge is 0.264 e. The second-order valence-corrected chi connectivity index (χ2v) is 16.8. The maximum atomic E-state index is 11.5. The molecule has 0 saturated carbocycles. The first-order chi connectivity index (χ1) is 14.1. The van der Waals surface area contributed by atoms with Gasteiger partial charge in [-0.2, -0.15) is 8.42 Å². The van der Waals surface area contributed by atoms with Gasteiger partial charge in [-0.15, -0.1) is 5.10 Å². The summed E-state index contributed by atoms with van der Waals surface area (Å²) in [4.78, 5) is 2.06. The summed E-state index contributed by atoms with van der Waals surface area (Å²) in [6.07, 6.45) is 1.31. The van der Waals surface area contributed by atoms with Gasteiger partial charge in [-0.3, -0.25) is 13.8 Å². The van der Waals surface area contributed by atoms with Gasteiger partial charge >= 0.3 is 0 Å². The van der Waals surface area contributed by atoms with Crippen LogP contribution in [-0.4, -0.2) is 70.6 Å². The van der Waals surface area contributed by atoms with Crippen molar-refractivity contribution in [1.82, 2.24) is 14.7 Å². The normalized spacial score (nSPS) is 14.3. The molecule has 0 aliphatic carbocycles. The number of likely N-dealkylation sites (N-methyl/N-ethyl adjacent to an activating group) is 1. The third kappa shape index (κ3) is 9.28. The van der Waals surface area contributed by atoms with Crippen molar-refractivity contribution < 1.29 is 21.8 Å². The van der Waals surface area contributed by atoms with Gasteiger partial charge in [-0.25, -0.2) is 0 Å². The summed E-state index contributed by atoms with van der Waals surface area (Å²) >= 11 is 2.27. The van der Waals surface area contributed by atoms with E-state index in [1.54, 1.807) is 0 Å². The molecule has 1 aromatic heterocycles. The first-order valence-corrected chi connectivity index (χ1v) is 16.5. The van der Waals surface area contributed by atoms with Crippen LogP contribution in [0.3, 0.4) is 0 Å². The maximum Gasteiger partial charge on any atom is 0.264 e. The lowest BCUT2D eigenvalue weighted by Gasteiger charge is -2.36. The van der Waals surface area contributed by atoms with Crippen LogP contribution in [0.15, 0.2) is 0 Å². The molecular weight excluding hydrogens is 549 g/mol. The van der Waals surface area contributed by atoms with Gasteiger partial charge in [0.05, 0.1) is 41.4 Å². The van der Waals surface area contributed by atoms with E-state index in [1.807, 2.05) is 25.6 Å². The molecule has 8 nitrogen and oxygen atoms in total. The minimum Gasteiger partial charge on any atom is -0.476 e. The molecule has 0 spiro atoms. The van der Waals surface area contributed by atoms with E-state index in [0.717, 1.165) is 15.5 Å². The molecule has 182 valence electrons. The summed E-state index contributed by atoms with van der Waals surface area (Å²) in [7, 11) is -3.38. The highest BCUT2D eigenvalue weighted by Gasteiger charge is 2.37. The number of ether oxygens (including phenoxy) is 1. The van der Waals surface area contributed by atoms with Crippen molar-refractivity contribution in [2.24, 2.45) is 0 Å². The Labute approximate surface area is 203 Å². The summed E-state index contributed by atoms with van der Waals surface area (Å²) in [5.74, 6) is 0.623. The predicted octanol–water partition coefficient (Wildman–Crippen LogP) is 4.09. The average Bonchev–Trinajstić information content (AvgIpc) is 2.88. The van der Waals surface area contributed by atoms with Crippen molar-refractivity contribution in [2.45, 2.75) is 78.4 Å². The van der Waals surface area contributed by atoms with Gasteiger partial charge in [-0.1, -0.05) is 27.7 Å². The lowest BCUT2D eigenvalue weighted by Crippen LogP contribution is -2.41. The second kappa shape index (κ2) is 11.8.